The predicted molar refractivity (Wildman–Crippen MR) is 72.6 cm³/mol. The Morgan fingerprint density at radius 2 is 2.28 bits per heavy atom. The molecular weight excluding hydrogens is 228 g/mol. The van der Waals surface area contributed by atoms with E-state index in [1.165, 1.54) is 20.0 Å². The highest BCUT2D eigenvalue weighted by Crippen LogP contribution is 2.36. The van der Waals surface area contributed by atoms with Gasteiger partial charge in [0.15, 0.2) is 0 Å². The number of hydrogen-bond acceptors (Lipinski definition) is 4. The Morgan fingerprint density at radius 1 is 1.56 bits per heavy atom. The lowest BCUT2D eigenvalue weighted by atomic mass is 10.1. The molecule has 4 heteroatoms. The number of carbonyl (C=O) groups excluding carboxylic acids is 1. The normalized spacial score (nSPS) is 16.1. The second kappa shape index (κ2) is 5.29. The van der Waals surface area contributed by atoms with Gasteiger partial charge >= 0.3 is 5.97 Å². The number of nitrogens with two attached hydrogens (primary N) is 1. The molecule has 1 aromatic carbocycles. The van der Waals surface area contributed by atoms with Crippen molar-refractivity contribution < 1.29 is 9.53 Å². The van der Waals surface area contributed by atoms with Crippen molar-refractivity contribution in [2.75, 3.05) is 24.7 Å². The molecule has 18 heavy (non-hydrogen) atoms. The van der Waals surface area contributed by atoms with Crippen LogP contribution in [0.4, 0.5) is 11.4 Å². The van der Waals surface area contributed by atoms with Crippen molar-refractivity contribution in [1.82, 2.24) is 0 Å². The van der Waals surface area contributed by atoms with Gasteiger partial charge in [-0.1, -0.05) is 6.92 Å². The Balaban J connectivity index is 1.98. The first-order chi connectivity index (χ1) is 8.61. The monoisotopic (exact) mass is 248 g/mol. The summed E-state index contributed by atoms with van der Waals surface area (Å²) >= 11 is 0. The van der Waals surface area contributed by atoms with Crippen molar-refractivity contribution in [3.8, 4) is 0 Å². The molecule has 0 saturated heterocycles. The maximum Gasteiger partial charge on any atom is 0.337 e. The van der Waals surface area contributed by atoms with E-state index in [9.17, 15) is 4.79 Å². The Morgan fingerprint density at radius 3 is 2.83 bits per heavy atom. The topological polar surface area (TPSA) is 64.3 Å². The molecule has 1 aliphatic rings. The third kappa shape index (κ3) is 2.94. The largest absolute Gasteiger partial charge is 0.465 e. The Bertz CT molecular complexity index is 441. The lowest BCUT2D eigenvalue weighted by Crippen LogP contribution is -2.14. The molecule has 1 unspecified atom stereocenters. The summed E-state index contributed by atoms with van der Waals surface area (Å²) in [4.78, 5) is 11.3. The fraction of sp³-hybridized carbons (Fsp3) is 0.500. The van der Waals surface area contributed by atoms with Crippen molar-refractivity contribution in [1.29, 1.82) is 0 Å². The minimum Gasteiger partial charge on any atom is -0.465 e. The molecular formula is C14H20N2O2. The van der Waals surface area contributed by atoms with Crippen molar-refractivity contribution in [2.24, 2.45) is 11.8 Å². The predicted octanol–water partition coefficient (Wildman–Crippen LogP) is 2.51. The molecule has 1 saturated carbocycles. The zero-order valence-electron chi connectivity index (χ0n) is 10.9. The molecule has 1 aromatic rings. The number of esters is 1. The van der Waals surface area contributed by atoms with E-state index in [-0.39, 0.29) is 5.97 Å². The van der Waals surface area contributed by atoms with Gasteiger partial charge in [0.25, 0.3) is 0 Å². The first kappa shape index (κ1) is 12.7. The van der Waals surface area contributed by atoms with E-state index in [1.54, 1.807) is 12.1 Å². The van der Waals surface area contributed by atoms with Gasteiger partial charge in [-0.05, 0) is 42.9 Å². The van der Waals surface area contributed by atoms with Crippen molar-refractivity contribution in [3.05, 3.63) is 23.8 Å². The smallest absolute Gasteiger partial charge is 0.337 e. The maximum atomic E-state index is 11.3. The van der Waals surface area contributed by atoms with Gasteiger partial charge < -0.3 is 15.8 Å². The zero-order valence-corrected chi connectivity index (χ0v) is 10.9. The van der Waals surface area contributed by atoms with Crippen molar-refractivity contribution >= 4 is 17.3 Å². The van der Waals surface area contributed by atoms with Gasteiger partial charge in [-0.15, -0.1) is 0 Å². The number of anilines is 2. The van der Waals surface area contributed by atoms with Gasteiger partial charge in [-0.2, -0.15) is 0 Å². The fourth-order valence-corrected chi connectivity index (χ4v) is 2.07. The van der Waals surface area contributed by atoms with Crippen LogP contribution in [0.25, 0.3) is 0 Å². The lowest BCUT2D eigenvalue weighted by Gasteiger charge is -2.14. The number of nitrogens with one attached hydrogen (secondary N) is 1. The van der Waals surface area contributed by atoms with Crippen LogP contribution >= 0.6 is 0 Å². The molecule has 1 aliphatic carbocycles. The number of ether oxygens (including phenoxy) is 1. The number of rotatable bonds is 5. The third-order valence-electron chi connectivity index (χ3n) is 3.51. The van der Waals surface area contributed by atoms with E-state index >= 15 is 0 Å². The van der Waals surface area contributed by atoms with Gasteiger partial charge in [-0.3, -0.25) is 0 Å². The number of methoxy groups -OCH3 is 1. The van der Waals surface area contributed by atoms with Gasteiger partial charge in [0.05, 0.1) is 24.0 Å². The summed E-state index contributed by atoms with van der Waals surface area (Å²) < 4.78 is 4.65. The number of carbonyl (C=O) groups is 1. The van der Waals surface area contributed by atoms with Crippen LogP contribution in [0, 0.1) is 11.8 Å². The molecule has 0 heterocycles. The van der Waals surface area contributed by atoms with Crippen LogP contribution in [-0.4, -0.2) is 19.6 Å². The van der Waals surface area contributed by atoms with E-state index in [2.05, 4.69) is 17.0 Å². The molecule has 3 N–H and O–H groups in total. The lowest BCUT2D eigenvalue weighted by molar-refractivity contribution is 0.0601. The molecule has 0 radical (unpaired) electrons. The SMILES string of the molecule is COC(=O)c1ccc(NCC(C)C2CC2)c(N)c1. The summed E-state index contributed by atoms with van der Waals surface area (Å²) in [5.74, 6) is 1.18. The summed E-state index contributed by atoms with van der Waals surface area (Å²) in [6, 6.07) is 5.21. The molecule has 98 valence electrons. The molecule has 1 atom stereocenters. The number of hydrogen-bond donors (Lipinski definition) is 2. The summed E-state index contributed by atoms with van der Waals surface area (Å²) in [7, 11) is 1.36. The standard InChI is InChI=1S/C14H20N2O2/c1-9(10-3-4-10)8-16-13-6-5-11(7-12(13)15)14(17)18-2/h5-7,9-10,16H,3-4,8,15H2,1-2H3. The van der Waals surface area contributed by atoms with Crippen LogP contribution in [0.5, 0.6) is 0 Å². The fourth-order valence-electron chi connectivity index (χ4n) is 2.07. The molecule has 4 nitrogen and oxygen atoms in total. The second-order valence-electron chi connectivity index (χ2n) is 4.99. The highest BCUT2D eigenvalue weighted by molar-refractivity contribution is 5.91. The number of benzene rings is 1. The van der Waals surface area contributed by atoms with E-state index < -0.39 is 0 Å². The van der Waals surface area contributed by atoms with Crippen LogP contribution in [0.2, 0.25) is 0 Å². The molecule has 0 spiro atoms. The zero-order chi connectivity index (χ0) is 13.1. The van der Waals surface area contributed by atoms with E-state index in [0.717, 1.165) is 18.2 Å². The van der Waals surface area contributed by atoms with Crippen LogP contribution in [0.15, 0.2) is 18.2 Å². The molecule has 0 bridgehead atoms. The quantitative estimate of drug-likeness (QED) is 0.620. The molecule has 0 aromatic heterocycles. The van der Waals surface area contributed by atoms with Gasteiger partial charge in [-0.25, -0.2) is 4.79 Å². The average Bonchev–Trinajstić information content (AvgIpc) is 3.20. The first-order valence-electron chi connectivity index (χ1n) is 6.33. The van der Waals surface area contributed by atoms with Crippen LogP contribution in [0.3, 0.4) is 0 Å². The summed E-state index contributed by atoms with van der Waals surface area (Å²) in [5, 5.41) is 3.34. The van der Waals surface area contributed by atoms with Crippen LogP contribution in [-0.2, 0) is 4.74 Å². The highest BCUT2D eigenvalue weighted by atomic mass is 16.5. The van der Waals surface area contributed by atoms with E-state index in [0.29, 0.717) is 17.2 Å². The first-order valence-corrected chi connectivity index (χ1v) is 6.33. The highest BCUT2D eigenvalue weighted by Gasteiger charge is 2.27. The van der Waals surface area contributed by atoms with Crippen molar-refractivity contribution in [2.45, 2.75) is 19.8 Å². The summed E-state index contributed by atoms with van der Waals surface area (Å²) in [6.07, 6.45) is 2.69. The molecule has 1 fully saturated rings. The van der Waals surface area contributed by atoms with E-state index in [4.69, 9.17) is 5.73 Å². The Labute approximate surface area is 108 Å². The van der Waals surface area contributed by atoms with Crippen molar-refractivity contribution in [3.63, 3.8) is 0 Å². The van der Waals surface area contributed by atoms with Gasteiger partial charge in [0.2, 0.25) is 0 Å². The Hall–Kier alpha value is -1.71. The summed E-state index contributed by atoms with van der Waals surface area (Å²) in [5.41, 5.74) is 7.87. The maximum absolute atomic E-state index is 11.3. The third-order valence-corrected chi connectivity index (χ3v) is 3.51. The van der Waals surface area contributed by atoms with Gasteiger partial charge in [0.1, 0.15) is 0 Å². The molecule has 2 rings (SSSR count). The van der Waals surface area contributed by atoms with Crippen LogP contribution < -0.4 is 11.1 Å². The second-order valence-corrected chi connectivity index (χ2v) is 4.99. The average molecular weight is 248 g/mol. The summed E-state index contributed by atoms with van der Waals surface area (Å²) in [6.45, 7) is 3.18. The minimum atomic E-state index is -0.361. The Kier molecular flexibility index (Phi) is 3.75. The minimum absolute atomic E-state index is 0.361. The van der Waals surface area contributed by atoms with E-state index in [1.807, 2.05) is 6.07 Å². The van der Waals surface area contributed by atoms with Crippen LogP contribution in [0.1, 0.15) is 30.1 Å². The van der Waals surface area contributed by atoms with Gasteiger partial charge in [0, 0.05) is 6.54 Å². The molecule has 0 aliphatic heterocycles. The molecule has 0 amide bonds. The number of nitrogen functional groups attached to an aromatic ring is 1.